The van der Waals surface area contributed by atoms with E-state index in [1.165, 1.54) is 4.90 Å². The maximum absolute atomic E-state index is 12.1. The van der Waals surface area contributed by atoms with Crippen molar-refractivity contribution in [3.63, 3.8) is 0 Å². The lowest BCUT2D eigenvalue weighted by Crippen LogP contribution is -3.15. The van der Waals surface area contributed by atoms with Crippen LogP contribution in [0.25, 0.3) is 0 Å². The Kier molecular flexibility index (Phi) is 5.93. The fraction of sp³-hybridized carbons (Fsp3) is 0.429. The van der Waals surface area contributed by atoms with E-state index in [-0.39, 0.29) is 12.5 Å². The van der Waals surface area contributed by atoms with Crippen LogP contribution in [0.3, 0.4) is 0 Å². The number of halogens is 1. The molecular formula is C14H19ClN3O2S+. The maximum Gasteiger partial charge on any atom is 0.257 e. The molecule has 5 nitrogen and oxygen atoms in total. The molecule has 7 heteroatoms. The third kappa shape index (κ3) is 4.64. The van der Waals surface area contributed by atoms with Crippen molar-refractivity contribution in [3.05, 3.63) is 34.9 Å². The molecule has 0 spiro atoms. The third-order valence-electron chi connectivity index (χ3n) is 3.55. The predicted octanol–water partition coefficient (Wildman–Crippen LogP) is -0.452. The first kappa shape index (κ1) is 16.2. The molecular weight excluding hydrogens is 310 g/mol. The topological polar surface area (TPSA) is 57.0 Å². The van der Waals surface area contributed by atoms with Crippen LogP contribution in [0.5, 0.6) is 0 Å². The molecule has 0 bridgehead atoms. The standard InChI is InChI=1S/C14H18ClN3O2S/c15-12-3-1-11(2-4-12)13(20)16-14(21)18-7-5-17(6-8-18)9-10-19/h1-4,19H,5-10H2,(H,16,20,21)/p+1. The minimum Gasteiger partial charge on any atom is -0.391 e. The molecule has 0 aromatic heterocycles. The summed E-state index contributed by atoms with van der Waals surface area (Å²) in [7, 11) is 0. The molecule has 1 aromatic rings. The fourth-order valence-corrected chi connectivity index (χ4v) is 2.69. The number of hydrogen-bond donors (Lipinski definition) is 3. The van der Waals surface area contributed by atoms with Crippen molar-refractivity contribution in [2.75, 3.05) is 39.3 Å². The molecule has 1 aliphatic rings. The van der Waals surface area contributed by atoms with Crippen molar-refractivity contribution < 1.29 is 14.8 Å². The van der Waals surface area contributed by atoms with Crippen molar-refractivity contribution in [1.82, 2.24) is 10.2 Å². The van der Waals surface area contributed by atoms with E-state index < -0.39 is 0 Å². The van der Waals surface area contributed by atoms with Crippen molar-refractivity contribution in [2.24, 2.45) is 0 Å². The highest BCUT2D eigenvalue weighted by molar-refractivity contribution is 7.80. The molecule has 1 amide bonds. The number of carbonyl (C=O) groups excluding carboxylic acids is 1. The van der Waals surface area contributed by atoms with E-state index in [9.17, 15) is 4.79 Å². The zero-order valence-corrected chi connectivity index (χ0v) is 13.2. The number of nitrogens with zero attached hydrogens (tertiary/aromatic N) is 1. The summed E-state index contributed by atoms with van der Waals surface area (Å²) in [6.07, 6.45) is 0. The van der Waals surface area contributed by atoms with E-state index in [4.69, 9.17) is 28.9 Å². The Bertz CT molecular complexity index is 501. The number of aliphatic hydroxyl groups excluding tert-OH is 1. The minimum atomic E-state index is -0.221. The summed E-state index contributed by atoms with van der Waals surface area (Å²) in [4.78, 5) is 15.4. The normalized spacial score (nSPS) is 15.8. The van der Waals surface area contributed by atoms with Gasteiger partial charge in [0.15, 0.2) is 5.11 Å². The van der Waals surface area contributed by atoms with Gasteiger partial charge in [0.05, 0.1) is 32.8 Å². The Morgan fingerprint density at radius 2 is 1.95 bits per heavy atom. The molecule has 21 heavy (non-hydrogen) atoms. The van der Waals surface area contributed by atoms with Crippen LogP contribution < -0.4 is 10.2 Å². The van der Waals surface area contributed by atoms with Gasteiger partial charge in [-0.25, -0.2) is 0 Å². The molecule has 1 fully saturated rings. The first-order valence-electron chi connectivity index (χ1n) is 6.90. The summed E-state index contributed by atoms with van der Waals surface area (Å²) in [6.45, 7) is 4.37. The highest BCUT2D eigenvalue weighted by Gasteiger charge is 2.22. The van der Waals surface area contributed by atoms with Crippen LogP contribution in [-0.4, -0.2) is 60.4 Å². The third-order valence-corrected chi connectivity index (χ3v) is 4.16. The van der Waals surface area contributed by atoms with E-state index in [1.54, 1.807) is 24.3 Å². The zero-order chi connectivity index (χ0) is 15.2. The van der Waals surface area contributed by atoms with Crippen molar-refractivity contribution in [3.8, 4) is 0 Å². The number of rotatable bonds is 3. The van der Waals surface area contributed by atoms with E-state index >= 15 is 0 Å². The van der Waals surface area contributed by atoms with Gasteiger partial charge in [0, 0.05) is 10.6 Å². The minimum absolute atomic E-state index is 0.201. The first-order valence-corrected chi connectivity index (χ1v) is 7.69. The predicted molar refractivity (Wildman–Crippen MR) is 85.7 cm³/mol. The fourth-order valence-electron chi connectivity index (χ4n) is 2.28. The summed E-state index contributed by atoms with van der Waals surface area (Å²) in [6, 6.07) is 6.69. The number of aliphatic hydroxyl groups is 1. The van der Waals surface area contributed by atoms with Crippen LogP contribution >= 0.6 is 23.8 Å². The summed E-state index contributed by atoms with van der Waals surface area (Å²) in [5, 5.41) is 12.7. The largest absolute Gasteiger partial charge is 0.391 e. The molecule has 1 heterocycles. The van der Waals surface area contributed by atoms with Crippen molar-refractivity contribution in [1.29, 1.82) is 0 Å². The summed E-state index contributed by atoms with van der Waals surface area (Å²) >= 11 is 11.1. The monoisotopic (exact) mass is 328 g/mol. The van der Waals surface area contributed by atoms with Crippen LogP contribution in [0.15, 0.2) is 24.3 Å². The summed E-state index contributed by atoms with van der Waals surface area (Å²) in [5.41, 5.74) is 0.534. The second kappa shape index (κ2) is 7.70. The molecule has 0 aliphatic carbocycles. The molecule has 1 saturated heterocycles. The number of carbonyl (C=O) groups is 1. The van der Waals surface area contributed by atoms with Gasteiger partial charge in [0.1, 0.15) is 6.54 Å². The number of amides is 1. The zero-order valence-electron chi connectivity index (χ0n) is 11.6. The van der Waals surface area contributed by atoms with Gasteiger partial charge in [0.25, 0.3) is 5.91 Å². The Balaban J connectivity index is 1.84. The maximum atomic E-state index is 12.1. The average molecular weight is 329 g/mol. The van der Waals surface area contributed by atoms with Gasteiger partial charge in [-0.2, -0.15) is 0 Å². The molecule has 0 saturated carbocycles. The number of piperazine rings is 1. The van der Waals surface area contributed by atoms with Crippen LogP contribution in [0.2, 0.25) is 5.02 Å². The lowest BCUT2D eigenvalue weighted by molar-refractivity contribution is -0.904. The molecule has 114 valence electrons. The average Bonchev–Trinajstić information content (AvgIpc) is 2.49. The second-order valence-electron chi connectivity index (χ2n) is 4.98. The highest BCUT2D eigenvalue weighted by atomic mass is 35.5. The number of quaternary nitrogens is 1. The summed E-state index contributed by atoms with van der Waals surface area (Å²) in [5.74, 6) is -0.221. The SMILES string of the molecule is O=C(NC(=S)N1CC[NH+](CCO)CC1)c1ccc(Cl)cc1. The Labute approximate surface area is 134 Å². The second-order valence-corrected chi connectivity index (χ2v) is 5.80. The molecule has 1 aromatic carbocycles. The number of hydrogen-bond acceptors (Lipinski definition) is 3. The Morgan fingerprint density at radius 3 is 2.52 bits per heavy atom. The van der Waals surface area contributed by atoms with Gasteiger partial charge >= 0.3 is 0 Å². The molecule has 1 aliphatic heterocycles. The van der Waals surface area contributed by atoms with Gasteiger partial charge in [-0.1, -0.05) is 11.6 Å². The lowest BCUT2D eigenvalue weighted by Gasteiger charge is -2.33. The summed E-state index contributed by atoms with van der Waals surface area (Å²) < 4.78 is 0. The number of nitrogens with one attached hydrogen (secondary N) is 2. The molecule has 0 radical (unpaired) electrons. The lowest BCUT2D eigenvalue weighted by atomic mass is 10.2. The van der Waals surface area contributed by atoms with Gasteiger partial charge in [0.2, 0.25) is 0 Å². The Morgan fingerprint density at radius 1 is 1.33 bits per heavy atom. The number of benzene rings is 1. The Hall–Kier alpha value is -1.21. The molecule has 0 unspecified atom stereocenters. The molecule has 2 rings (SSSR count). The van der Waals surface area contributed by atoms with E-state index in [0.717, 1.165) is 32.7 Å². The van der Waals surface area contributed by atoms with Crippen molar-refractivity contribution in [2.45, 2.75) is 0 Å². The molecule has 0 atom stereocenters. The van der Waals surface area contributed by atoms with E-state index in [1.807, 2.05) is 4.90 Å². The van der Waals surface area contributed by atoms with Crippen molar-refractivity contribution >= 4 is 34.8 Å². The number of thiocarbonyl (C=S) groups is 1. The quantitative estimate of drug-likeness (QED) is 0.658. The highest BCUT2D eigenvalue weighted by Crippen LogP contribution is 2.09. The smallest absolute Gasteiger partial charge is 0.257 e. The van der Waals surface area contributed by atoms with Crippen LogP contribution in [0.1, 0.15) is 10.4 Å². The van der Waals surface area contributed by atoms with Gasteiger partial charge in [-0.3, -0.25) is 10.1 Å². The van der Waals surface area contributed by atoms with Gasteiger partial charge in [-0.15, -0.1) is 0 Å². The van der Waals surface area contributed by atoms with E-state index in [2.05, 4.69) is 5.32 Å². The van der Waals surface area contributed by atoms with Crippen LogP contribution in [0.4, 0.5) is 0 Å². The van der Waals surface area contributed by atoms with Gasteiger partial charge in [-0.05, 0) is 36.5 Å². The van der Waals surface area contributed by atoms with Gasteiger partial charge < -0.3 is 14.9 Å². The first-order chi connectivity index (χ1) is 10.1. The molecule has 3 N–H and O–H groups in total. The van der Waals surface area contributed by atoms with E-state index in [0.29, 0.717) is 15.7 Å². The van der Waals surface area contributed by atoms with Crippen LogP contribution in [0, 0.1) is 0 Å². The van der Waals surface area contributed by atoms with Crippen LogP contribution in [-0.2, 0) is 0 Å².